The number of hydrogen-bond donors (Lipinski definition) is 1. The van der Waals surface area contributed by atoms with Crippen LogP contribution in [0.1, 0.15) is 33.2 Å². The number of anilines is 2. The summed E-state index contributed by atoms with van der Waals surface area (Å²) in [6.07, 6.45) is -0.236. The van der Waals surface area contributed by atoms with Crippen LogP contribution >= 0.6 is 15.9 Å². The summed E-state index contributed by atoms with van der Waals surface area (Å²) in [5, 5.41) is 3.56. The van der Waals surface area contributed by atoms with E-state index in [0.717, 1.165) is 38.1 Å². The predicted octanol–water partition coefficient (Wildman–Crippen LogP) is 5.84. The number of para-hydroxylation sites is 1. The van der Waals surface area contributed by atoms with Gasteiger partial charge in [0.25, 0.3) is 5.91 Å². The van der Waals surface area contributed by atoms with Crippen LogP contribution in [0.15, 0.2) is 71.2 Å². The van der Waals surface area contributed by atoms with E-state index in [2.05, 4.69) is 34.2 Å². The van der Waals surface area contributed by atoms with E-state index in [0.29, 0.717) is 0 Å². The number of aryl methyl sites for hydroxylation is 2. The molecule has 1 atom stereocenters. The molecule has 0 spiro atoms. The first-order valence-electron chi connectivity index (χ1n) is 8.57. The van der Waals surface area contributed by atoms with Crippen molar-refractivity contribution in [2.24, 2.45) is 0 Å². The van der Waals surface area contributed by atoms with Crippen LogP contribution < -0.4 is 10.2 Å². The van der Waals surface area contributed by atoms with Gasteiger partial charge in [-0.2, -0.15) is 0 Å². The van der Waals surface area contributed by atoms with Crippen molar-refractivity contribution >= 4 is 33.2 Å². The first kappa shape index (κ1) is 16.9. The van der Waals surface area contributed by atoms with Crippen LogP contribution in [0.25, 0.3) is 0 Å². The highest BCUT2D eigenvalue weighted by molar-refractivity contribution is 9.10. The summed E-state index contributed by atoms with van der Waals surface area (Å²) in [6, 6.07) is 22.0. The third kappa shape index (κ3) is 2.80. The average Bonchev–Trinajstić information content (AvgIpc) is 2.91. The SMILES string of the molecule is Cc1cc(NC2c3ccccc3C(=O)N2c2ccccc2C)ccc1Br. The van der Waals surface area contributed by atoms with Gasteiger partial charge >= 0.3 is 0 Å². The molecular weight excluding hydrogens is 388 g/mol. The van der Waals surface area contributed by atoms with Crippen LogP contribution in [0.2, 0.25) is 0 Å². The number of hydrogen-bond acceptors (Lipinski definition) is 2. The van der Waals surface area contributed by atoms with Gasteiger partial charge in [0.15, 0.2) is 0 Å². The number of carbonyl (C=O) groups excluding carboxylic acids is 1. The standard InChI is InChI=1S/C22H19BrN2O/c1-14-7-3-6-10-20(14)25-21(17-8-4-5-9-18(17)22(25)26)24-16-11-12-19(23)15(2)13-16/h3-13,21,24H,1-2H3. The zero-order chi connectivity index (χ0) is 18.3. The van der Waals surface area contributed by atoms with Crippen LogP contribution in [0.5, 0.6) is 0 Å². The third-order valence-electron chi connectivity index (χ3n) is 4.80. The molecule has 1 aliphatic heterocycles. The lowest BCUT2D eigenvalue weighted by Crippen LogP contribution is -2.32. The Kier molecular flexibility index (Phi) is 4.29. The Labute approximate surface area is 161 Å². The van der Waals surface area contributed by atoms with E-state index >= 15 is 0 Å². The Hall–Kier alpha value is -2.59. The van der Waals surface area contributed by atoms with Gasteiger partial charge in [0.2, 0.25) is 0 Å². The largest absolute Gasteiger partial charge is 0.361 e. The minimum Gasteiger partial charge on any atom is -0.361 e. The first-order chi connectivity index (χ1) is 12.6. The maximum atomic E-state index is 13.1. The summed E-state index contributed by atoms with van der Waals surface area (Å²) >= 11 is 3.54. The van der Waals surface area contributed by atoms with E-state index in [1.165, 1.54) is 0 Å². The van der Waals surface area contributed by atoms with Gasteiger partial charge in [-0.15, -0.1) is 0 Å². The van der Waals surface area contributed by atoms with Crippen molar-refractivity contribution in [3.05, 3.63) is 93.5 Å². The van der Waals surface area contributed by atoms with Gasteiger partial charge in [-0.1, -0.05) is 52.3 Å². The molecule has 4 rings (SSSR count). The summed E-state index contributed by atoms with van der Waals surface area (Å²) in [5.41, 5.74) is 5.89. The molecule has 0 saturated carbocycles. The van der Waals surface area contributed by atoms with E-state index in [1.807, 2.05) is 72.5 Å². The molecule has 3 nitrogen and oxygen atoms in total. The van der Waals surface area contributed by atoms with Crippen LogP contribution in [0.4, 0.5) is 11.4 Å². The van der Waals surface area contributed by atoms with Crippen molar-refractivity contribution in [2.75, 3.05) is 10.2 Å². The van der Waals surface area contributed by atoms with Crippen molar-refractivity contribution in [1.29, 1.82) is 0 Å². The van der Waals surface area contributed by atoms with Gasteiger partial charge in [0.05, 0.1) is 0 Å². The Balaban J connectivity index is 1.81. The summed E-state index contributed by atoms with van der Waals surface area (Å²) < 4.78 is 1.07. The highest BCUT2D eigenvalue weighted by atomic mass is 79.9. The zero-order valence-electron chi connectivity index (χ0n) is 14.7. The van der Waals surface area contributed by atoms with Crippen molar-refractivity contribution in [1.82, 2.24) is 0 Å². The van der Waals surface area contributed by atoms with E-state index in [4.69, 9.17) is 0 Å². The number of nitrogens with one attached hydrogen (secondary N) is 1. The number of benzene rings is 3. The van der Waals surface area contributed by atoms with Gasteiger partial charge < -0.3 is 5.32 Å². The molecule has 1 N–H and O–H groups in total. The van der Waals surface area contributed by atoms with Crippen molar-refractivity contribution in [3.63, 3.8) is 0 Å². The minimum atomic E-state index is -0.236. The number of halogens is 1. The lowest BCUT2D eigenvalue weighted by Gasteiger charge is -2.28. The highest BCUT2D eigenvalue weighted by Crippen LogP contribution is 2.39. The van der Waals surface area contributed by atoms with E-state index in [9.17, 15) is 4.79 Å². The second-order valence-corrected chi connectivity index (χ2v) is 7.41. The zero-order valence-corrected chi connectivity index (χ0v) is 16.2. The van der Waals surface area contributed by atoms with Crippen LogP contribution in [0.3, 0.4) is 0 Å². The summed E-state index contributed by atoms with van der Waals surface area (Å²) in [6.45, 7) is 4.09. The summed E-state index contributed by atoms with van der Waals surface area (Å²) in [5.74, 6) is 0.0289. The molecule has 1 unspecified atom stereocenters. The molecule has 1 amide bonds. The fourth-order valence-corrected chi connectivity index (χ4v) is 3.68. The van der Waals surface area contributed by atoms with E-state index in [-0.39, 0.29) is 12.1 Å². The normalized spacial score (nSPS) is 15.9. The predicted molar refractivity (Wildman–Crippen MR) is 110 cm³/mol. The van der Waals surface area contributed by atoms with Gasteiger partial charge in [-0.3, -0.25) is 9.69 Å². The van der Waals surface area contributed by atoms with Crippen LogP contribution in [-0.4, -0.2) is 5.91 Å². The van der Waals surface area contributed by atoms with Crippen LogP contribution in [0, 0.1) is 13.8 Å². The van der Waals surface area contributed by atoms with Gasteiger partial charge in [-0.05, 0) is 55.3 Å². The molecule has 130 valence electrons. The Morgan fingerprint density at radius 3 is 2.42 bits per heavy atom. The van der Waals surface area contributed by atoms with Gasteiger partial charge in [0.1, 0.15) is 6.17 Å². The summed E-state index contributed by atoms with van der Waals surface area (Å²) in [7, 11) is 0. The molecule has 1 heterocycles. The Bertz CT molecular complexity index is 999. The van der Waals surface area contributed by atoms with Crippen molar-refractivity contribution < 1.29 is 4.79 Å². The molecule has 0 aliphatic carbocycles. The molecule has 0 radical (unpaired) electrons. The number of fused-ring (bicyclic) bond motifs is 1. The third-order valence-corrected chi connectivity index (χ3v) is 5.69. The smallest absolute Gasteiger partial charge is 0.260 e. The molecule has 0 aromatic heterocycles. The number of carbonyl (C=O) groups is 1. The molecular formula is C22H19BrN2O. The molecule has 1 aliphatic rings. The number of amides is 1. The average molecular weight is 407 g/mol. The number of rotatable bonds is 3. The molecule has 3 aromatic carbocycles. The Morgan fingerprint density at radius 2 is 1.65 bits per heavy atom. The fourth-order valence-electron chi connectivity index (χ4n) is 3.43. The lowest BCUT2D eigenvalue weighted by molar-refractivity contribution is 0.0993. The molecule has 3 aromatic rings. The lowest BCUT2D eigenvalue weighted by atomic mass is 10.1. The second-order valence-electron chi connectivity index (χ2n) is 6.56. The summed E-state index contributed by atoms with van der Waals surface area (Å²) in [4.78, 5) is 15.0. The van der Waals surface area contributed by atoms with Crippen molar-refractivity contribution in [3.8, 4) is 0 Å². The fraction of sp³-hybridized carbons (Fsp3) is 0.136. The maximum absolute atomic E-state index is 13.1. The second kappa shape index (κ2) is 6.61. The molecule has 0 bridgehead atoms. The highest BCUT2D eigenvalue weighted by Gasteiger charge is 2.38. The Morgan fingerprint density at radius 1 is 0.923 bits per heavy atom. The quantitative estimate of drug-likeness (QED) is 0.592. The van der Waals surface area contributed by atoms with Crippen molar-refractivity contribution in [2.45, 2.75) is 20.0 Å². The van der Waals surface area contributed by atoms with E-state index in [1.54, 1.807) is 0 Å². The van der Waals surface area contributed by atoms with Gasteiger partial charge in [-0.25, -0.2) is 0 Å². The molecule has 4 heteroatoms. The van der Waals surface area contributed by atoms with Crippen LogP contribution in [-0.2, 0) is 0 Å². The molecule has 0 saturated heterocycles. The monoisotopic (exact) mass is 406 g/mol. The van der Waals surface area contributed by atoms with E-state index < -0.39 is 0 Å². The topological polar surface area (TPSA) is 32.3 Å². The molecule has 26 heavy (non-hydrogen) atoms. The first-order valence-corrected chi connectivity index (χ1v) is 9.36. The molecule has 0 fully saturated rings. The maximum Gasteiger partial charge on any atom is 0.260 e. The number of nitrogens with zero attached hydrogens (tertiary/aromatic N) is 1. The minimum absolute atomic E-state index is 0.0289. The van der Waals surface area contributed by atoms with Gasteiger partial charge in [0, 0.05) is 27.0 Å².